The van der Waals surface area contributed by atoms with Gasteiger partial charge in [-0.15, -0.1) is 0 Å². The lowest BCUT2D eigenvalue weighted by Crippen LogP contribution is -2.33. The number of esters is 1. The first-order valence-corrected chi connectivity index (χ1v) is 9.89. The Morgan fingerprint density at radius 3 is 2.55 bits per heavy atom. The molecule has 2 heterocycles. The summed E-state index contributed by atoms with van der Waals surface area (Å²) < 4.78 is 12.2. The molecule has 1 aliphatic heterocycles. The third kappa shape index (κ3) is 4.28. The minimum Gasteiger partial charge on any atom is -0.497 e. The lowest BCUT2D eigenvalue weighted by Gasteiger charge is -2.13. The number of para-hydroxylation sites is 1. The molecule has 0 bridgehead atoms. The van der Waals surface area contributed by atoms with Crippen molar-refractivity contribution in [2.75, 3.05) is 19.0 Å². The summed E-state index contributed by atoms with van der Waals surface area (Å²) in [6.07, 6.45) is 1.72. The summed E-state index contributed by atoms with van der Waals surface area (Å²) in [5.41, 5.74) is 3.41. The maximum atomic E-state index is 12.6. The fourth-order valence-electron chi connectivity index (χ4n) is 3.18. The van der Waals surface area contributed by atoms with E-state index in [0.29, 0.717) is 11.8 Å². The van der Waals surface area contributed by atoms with E-state index in [4.69, 9.17) is 14.5 Å². The van der Waals surface area contributed by atoms with Gasteiger partial charge in [-0.25, -0.2) is 9.48 Å². The Balaban J connectivity index is 1.80. The summed E-state index contributed by atoms with van der Waals surface area (Å²) in [7, 11) is 1.62. The first kappa shape index (κ1) is 20.2. The molecule has 8 nitrogen and oxygen atoms in total. The molecule has 0 saturated heterocycles. The van der Waals surface area contributed by atoms with E-state index in [1.54, 1.807) is 24.8 Å². The van der Waals surface area contributed by atoms with Gasteiger partial charge in [0.25, 0.3) is 0 Å². The quantitative estimate of drug-likeness (QED) is 0.614. The highest BCUT2D eigenvalue weighted by Gasteiger charge is 2.23. The normalized spacial score (nSPS) is 12.6. The van der Waals surface area contributed by atoms with Crippen molar-refractivity contribution in [1.29, 1.82) is 0 Å². The summed E-state index contributed by atoms with van der Waals surface area (Å²) >= 11 is 0. The highest BCUT2D eigenvalue weighted by atomic mass is 16.5. The molecule has 2 N–H and O–H groups in total. The Labute approximate surface area is 180 Å². The minimum atomic E-state index is -0.466. The van der Waals surface area contributed by atoms with Crippen LogP contribution in [0.2, 0.25) is 0 Å². The number of aryl methyl sites for hydroxylation is 1. The number of aliphatic imine (C=N–C) groups is 1. The van der Waals surface area contributed by atoms with Crippen molar-refractivity contribution in [3.8, 4) is 11.4 Å². The lowest BCUT2D eigenvalue weighted by molar-refractivity contribution is -0.138. The number of guanidine groups is 1. The van der Waals surface area contributed by atoms with Crippen LogP contribution in [0, 0.1) is 6.92 Å². The minimum absolute atomic E-state index is 0.269. The average Bonchev–Trinajstić information content (AvgIpc) is 2.97. The Morgan fingerprint density at radius 1 is 1.13 bits per heavy atom. The van der Waals surface area contributed by atoms with E-state index in [-0.39, 0.29) is 12.3 Å². The largest absolute Gasteiger partial charge is 0.497 e. The van der Waals surface area contributed by atoms with Crippen LogP contribution < -0.4 is 15.4 Å². The maximum Gasteiger partial charge on any atom is 0.354 e. The molecule has 0 spiro atoms. The number of aromatic nitrogens is 2. The van der Waals surface area contributed by atoms with Crippen molar-refractivity contribution in [2.24, 2.45) is 4.99 Å². The third-order valence-corrected chi connectivity index (χ3v) is 4.69. The zero-order valence-corrected chi connectivity index (χ0v) is 17.5. The molecule has 0 aliphatic carbocycles. The molecule has 158 valence electrons. The number of nitrogens with zero attached hydrogens (tertiary/aromatic N) is 3. The van der Waals surface area contributed by atoms with Crippen LogP contribution >= 0.6 is 0 Å². The summed E-state index contributed by atoms with van der Waals surface area (Å²) in [5.74, 6) is 1.26. The van der Waals surface area contributed by atoms with Crippen molar-refractivity contribution in [1.82, 2.24) is 15.1 Å². The van der Waals surface area contributed by atoms with Gasteiger partial charge < -0.3 is 20.1 Å². The summed E-state index contributed by atoms with van der Waals surface area (Å²) in [6, 6.07) is 17.1. The fraction of sp³-hybridized carbons (Fsp3) is 0.174. The van der Waals surface area contributed by atoms with E-state index < -0.39 is 5.97 Å². The molecule has 0 unspecified atom stereocenters. The van der Waals surface area contributed by atoms with Crippen molar-refractivity contribution in [3.63, 3.8) is 0 Å². The van der Waals surface area contributed by atoms with Gasteiger partial charge in [0, 0.05) is 11.3 Å². The molecular weight excluding hydrogens is 394 g/mol. The third-order valence-electron chi connectivity index (χ3n) is 4.69. The number of carbonyl (C=O) groups excluding carboxylic acids is 1. The van der Waals surface area contributed by atoms with Gasteiger partial charge in [-0.3, -0.25) is 0 Å². The van der Waals surface area contributed by atoms with Crippen molar-refractivity contribution in [3.05, 3.63) is 71.6 Å². The molecule has 0 fully saturated rings. The Morgan fingerprint density at radius 2 is 1.87 bits per heavy atom. The highest BCUT2D eigenvalue weighted by Crippen LogP contribution is 2.30. The predicted molar refractivity (Wildman–Crippen MR) is 120 cm³/mol. The van der Waals surface area contributed by atoms with Crippen LogP contribution in [0.3, 0.4) is 0 Å². The van der Waals surface area contributed by atoms with Gasteiger partial charge in [0.05, 0.1) is 25.1 Å². The molecule has 3 aromatic rings. The molecular formula is C23H23N5O3. The summed E-state index contributed by atoms with van der Waals surface area (Å²) in [4.78, 5) is 17.3. The Bertz CT molecular complexity index is 1150. The van der Waals surface area contributed by atoms with Gasteiger partial charge in [0.1, 0.15) is 11.4 Å². The summed E-state index contributed by atoms with van der Waals surface area (Å²) in [6.45, 7) is 3.92. The SMILES string of the molecule is CCOC(=O)C1=Cc2c(C)nn(-c3ccccc3)c2N=C(Nc2ccc(OC)cc2)N1. The average molecular weight is 417 g/mol. The molecule has 31 heavy (non-hydrogen) atoms. The number of anilines is 1. The number of rotatable bonds is 5. The van der Waals surface area contributed by atoms with Crippen LogP contribution in [0.15, 0.2) is 65.3 Å². The van der Waals surface area contributed by atoms with Gasteiger partial charge >= 0.3 is 5.97 Å². The molecule has 8 heteroatoms. The summed E-state index contributed by atoms with van der Waals surface area (Å²) in [5, 5.41) is 10.9. The second kappa shape index (κ2) is 8.74. The van der Waals surface area contributed by atoms with E-state index in [0.717, 1.165) is 28.4 Å². The molecule has 0 amide bonds. The number of nitrogens with one attached hydrogen (secondary N) is 2. The number of carbonyl (C=O) groups is 1. The zero-order valence-electron chi connectivity index (χ0n) is 17.5. The smallest absolute Gasteiger partial charge is 0.354 e. The Hall–Kier alpha value is -4.07. The maximum absolute atomic E-state index is 12.6. The van der Waals surface area contributed by atoms with Crippen LogP contribution in [0.4, 0.5) is 11.5 Å². The monoisotopic (exact) mass is 417 g/mol. The highest BCUT2D eigenvalue weighted by molar-refractivity contribution is 6.05. The lowest BCUT2D eigenvalue weighted by atomic mass is 10.2. The number of ether oxygens (including phenoxy) is 2. The van der Waals surface area contributed by atoms with E-state index >= 15 is 0 Å². The molecule has 0 radical (unpaired) electrons. The van der Waals surface area contributed by atoms with E-state index in [9.17, 15) is 4.79 Å². The molecule has 2 aromatic carbocycles. The van der Waals surface area contributed by atoms with E-state index in [1.165, 1.54) is 0 Å². The number of benzene rings is 2. The molecule has 1 aliphatic rings. The number of methoxy groups -OCH3 is 1. The van der Waals surface area contributed by atoms with Crippen LogP contribution in [0.1, 0.15) is 18.2 Å². The van der Waals surface area contributed by atoms with Crippen LogP contribution in [-0.4, -0.2) is 35.4 Å². The number of hydrogen-bond acceptors (Lipinski definition) is 7. The van der Waals surface area contributed by atoms with Crippen molar-refractivity contribution >= 4 is 29.5 Å². The van der Waals surface area contributed by atoms with E-state index in [2.05, 4.69) is 15.7 Å². The first-order valence-electron chi connectivity index (χ1n) is 9.89. The van der Waals surface area contributed by atoms with Gasteiger partial charge in [-0.05, 0) is 56.3 Å². The topological polar surface area (TPSA) is 89.8 Å². The second-order valence-electron chi connectivity index (χ2n) is 6.79. The van der Waals surface area contributed by atoms with Crippen LogP contribution in [0.25, 0.3) is 11.8 Å². The standard InChI is InChI=1S/C23H23N5O3/c1-4-31-22(29)20-14-19-15(2)27-28(17-8-6-5-7-9-17)21(19)26-23(25-20)24-16-10-12-18(30-3)13-11-16/h5-14H,4H2,1-3H3,(H2,24,25,26). The van der Waals surface area contributed by atoms with Gasteiger partial charge in [0.15, 0.2) is 5.82 Å². The fourth-order valence-corrected chi connectivity index (χ4v) is 3.18. The van der Waals surface area contributed by atoms with Crippen LogP contribution in [-0.2, 0) is 9.53 Å². The first-order chi connectivity index (χ1) is 15.1. The zero-order chi connectivity index (χ0) is 21.8. The van der Waals surface area contributed by atoms with Gasteiger partial charge in [-0.2, -0.15) is 10.1 Å². The van der Waals surface area contributed by atoms with Gasteiger partial charge in [-0.1, -0.05) is 18.2 Å². The van der Waals surface area contributed by atoms with Gasteiger partial charge in [0.2, 0.25) is 5.96 Å². The predicted octanol–water partition coefficient (Wildman–Crippen LogP) is 3.80. The number of hydrogen-bond donors (Lipinski definition) is 2. The Kier molecular flexibility index (Phi) is 5.70. The number of fused-ring (bicyclic) bond motifs is 1. The van der Waals surface area contributed by atoms with Crippen molar-refractivity contribution < 1.29 is 14.3 Å². The van der Waals surface area contributed by atoms with E-state index in [1.807, 2.05) is 61.5 Å². The molecule has 0 saturated carbocycles. The molecule has 0 atom stereocenters. The van der Waals surface area contributed by atoms with Crippen LogP contribution in [0.5, 0.6) is 5.75 Å². The molecule has 4 rings (SSSR count). The molecule has 1 aromatic heterocycles. The second-order valence-corrected chi connectivity index (χ2v) is 6.79. The van der Waals surface area contributed by atoms with Crippen molar-refractivity contribution in [2.45, 2.75) is 13.8 Å².